The number of unbranched alkanes of at least 4 members (excludes halogenated alkanes) is 1. The Bertz CT molecular complexity index is 648. The van der Waals surface area contributed by atoms with Crippen LogP contribution in [0.4, 0.5) is 0 Å². The molecule has 4 nitrogen and oxygen atoms in total. The molecule has 0 saturated heterocycles. The first kappa shape index (κ1) is 15.7. The van der Waals surface area contributed by atoms with Gasteiger partial charge in [0.25, 0.3) is 5.56 Å². The van der Waals surface area contributed by atoms with Crippen molar-refractivity contribution in [2.24, 2.45) is 0 Å². The summed E-state index contributed by atoms with van der Waals surface area (Å²) in [7, 11) is 0. The fraction of sp³-hybridized carbons (Fsp3) is 0.529. The van der Waals surface area contributed by atoms with Crippen LogP contribution in [0.5, 0.6) is 0 Å². The largest absolute Gasteiger partial charge is 0.308 e. The number of nitrogens with one attached hydrogen (secondary N) is 1. The monoisotopic (exact) mass is 287 g/mol. The molecule has 21 heavy (non-hydrogen) atoms. The molecule has 1 heterocycles. The summed E-state index contributed by atoms with van der Waals surface area (Å²) in [5.41, 5.74) is 0.857. The van der Waals surface area contributed by atoms with Crippen molar-refractivity contribution < 1.29 is 0 Å². The third-order valence-electron chi connectivity index (χ3n) is 3.71. The van der Waals surface area contributed by atoms with Gasteiger partial charge < -0.3 is 5.32 Å². The van der Waals surface area contributed by atoms with Crippen LogP contribution in [-0.2, 0) is 6.54 Å². The van der Waals surface area contributed by atoms with Crippen LogP contribution in [0.1, 0.15) is 51.9 Å². The van der Waals surface area contributed by atoms with E-state index in [2.05, 4.69) is 26.1 Å². The molecule has 0 radical (unpaired) electrons. The third kappa shape index (κ3) is 3.50. The average molecular weight is 287 g/mol. The zero-order valence-corrected chi connectivity index (χ0v) is 13.2. The summed E-state index contributed by atoms with van der Waals surface area (Å²) in [6.45, 7) is 8.00. The van der Waals surface area contributed by atoms with Crippen molar-refractivity contribution >= 4 is 10.9 Å². The number of fused-ring (bicyclic) bond motifs is 1. The fourth-order valence-electron chi connectivity index (χ4n) is 2.54. The smallest absolute Gasteiger partial charge is 0.261 e. The van der Waals surface area contributed by atoms with E-state index in [1.807, 2.05) is 28.8 Å². The molecule has 0 spiro atoms. The van der Waals surface area contributed by atoms with E-state index in [0.717, 1.165) is 37.1 Å². The molecule has 0 bridgehead atoms. The molecule has 0 unspecified atom stereocenters. The van der Waals surface area contributed by atoms with Crippen molar-refractivity contribution in [3.63, 3.8) is 0 Å². The SMILES string of the molecule is CCCCN[C@@H](C)c1nc2ccccc2c(=O)n1CCC. The second-order valence-electron chi connectivity index (χ2n) is 5.47. The molecule has 0 fully saturated rings. The van der Waals surface area contributed by atoms with E-state index < -0.39 is 0 Å². The number of hydrogen-bond donors (Lipinski definition) is 1. The first-order valence-electron chi connectivity index (χ1n) is 7.91. The molecule has 0 aliphatic rings. The minimum Gasteiger partial charge on any atom is -0.308 e. The summed E-state index contributed by atoms with van der Waals surface area (Å²) in [5.74, 6) is 0.844. The topological polar surface area (TPSA) is 46.9 Å². The Morgan fingerprint density at radius 1 is 1.24 bits per heavy atom. The van der Waals surface area contributed by atoms with E-state index in [4.69, 9.17) is 4.98 Å². The van der Waals surface area contributed by atoms with Crippen molar-refractivity contribution in [3.8, 4) is 0 Å². The first-order valence-corrected chi connectivity index (χ1v) is 7.91. The number of para-hydroxylation sites is 1. The Morgan fingerprint density at radius 3 is 2.71 bits per heavy atom. The summed E-state index contributed by atoms with van der Waals surface area (Å²) in [6.07, 6.45) is 3.22. The highest BCUT2D eigenvalue weighted by atomic mass is 16.1. The van der Waals surface area contributed by atoms with Gasteiger partial charge in [0.1, 0.15) is 5.82 Å². The van der Waals surface area contributed by atoms with Crippen LogP contribution in [0.15, 0.2) is 29.1 Å². The summed E-state index contributed by atoms with van der Waals surface area (Å²) in [4.78, 5) is 17.4. The molecule has 0 aliphatic carbocycles. The van der Waals surface area contributed by atoms with Crippen molar-refractivity contribution in [2.45, 2.75) is 52.6 Å². The van der Waals surface area contributed by atoms with E-state index in [-0.39, 0.29) is 11.6 Å². The quantitative estimate of drug-likeness (QED) is 0.795. The van der Waals surface area contributed by atoms with Crippen molar-refractivity contribution in [3.05, 3.63) is 40.4 Å². The third-order valence-corrected chi connectivity index (χ3v) is 3.71. The highest BCUT2D eigenvalue weighted by Crippen LogP contribution is 2.14. The zero-order chi connectivity index (χ0) is 15.2. The van der Waals surface area contributed by atoms with Crippen LogP contribution < -0.4 is 10.9 Å². The predicted molar refractivity (Wildman–Crippen MR) is 87.6 cm³/mol. The van der Waals surface area contributed by atoms with Gasteiger partial charge in [-0.15, -0.1) is 0 Å². The van der Waals surface area contributed by atoms with E-state index in [1.165, 1.54) is 0 Å². The van der Waals surface area contributed by atoms with Crippen LogP contribution in [0, 0.1) is 0 Å². The van der Waals surface area contributed by atoms with Gasteiger partial charge in [-0.2, -0.15) is 0 Å². The summed E-state index contributed by atoms with van der Waals surface area (Å²) < 4.78 is 1.83. The molecule has 1 aromatic carbocycles. The molecular weight excluding hydrogens is 262 g/mol. The lowest BCUT2D eigenvalue weighted by molar-refractivity contribution is 0.487. The Hall–Kier alpha value is -1.68. The Labute approximate surface area is 126 Å². The summed E-state index contributed by atoms with van der Waals surface area (Å²) in [5, 5.41) is 4.17. The maximum atomic E-state index is 12.7. The molecule has 1 N–H and O–H groups in total. The van der Waals surface area contributed by atoms with Crippen molar-refractivity contribution in [1.82, 2.24) is 14.9 Å². The van der Waals surface area contributed by atoms with Gasteiger partial charge in [0, 0.05) is 6.54 Å². The highest BCUT2D eigenvalue weighted by molar-refractivity contribution is 5.77. The molecule has 0 amide bonds. The lowest BCUT2D eigenvalue weighted by atomic mass is 10.2. The van der Waals surface area contributed by atoms with Gasteiger partial charge in [-0.1, -0.05) is 32.4 Å². The van der Waals surface area contributed by atoms with Crippen LogP contribution in [0.25, 0.3) is 10.9 Å². The van der Waals surface area contributed by atoms with Gasteiger partial charge in [-0.25, -0.2) is 4.98 Å². The van der Waals surface area contributed by atoms with Crippen LogP contribution in [-0.4, -0.2) is 16.1 Å². The molecule has 2 aromatic rings. The van der Waals surface area contributed by atoms with Crippen LogP contribution >= 0.6 is 0 Å². The second-order valence-corrected chi connectivity index (χ2v) is 5.47. The molecule has 1 atom stereocenters. The minimum atomic E-state index is 0.0709. The Balaban J connectivity index is 2.45. The van der Waals surface area contributed by atoms with Gasteiger partial charge in [-0.05, 0) is 38.4 Å². The van der Waals surface area contributed by atoms with Crippen LogP contribution in [0.2, 0.25) is 0 Å². The average Bonchev–Trinajstić information content (AvgIpc) is 2.50. The first-order chi connectivity index (χ1) is 10.2. The molecule has 4 heteroatoms. The molecule has 1 aromatic heterocycles. The van der Waals surface area contributed by atoms with Gasteiger partial charge >= 0.3 is 0 Å². The molecule has 0 aliphatic heterocycles. The van der Waals surface area contributed by atoms with Gasteiger partial charge in [-0.3, -0.25) is 9.36 Å². The van der Waals surface area contributed by atoms with E-state index in [0.29, 0.717) is 11.9 Å². The second kappa shape index (κ2) is 7.36. The molecule has 2 rings (SSSR count). The normalized spacial score (nSPS) is 12.7. The maximum absolute atomic E-state index is 12.7. The van der Waals surface area contributed by atoms with Crippen LogP contribution in [0.3, 0.4) is 0 Å². The van der Waals surface area contributed by atoms with E-state index in [1.54, 1.807) is 0 Å². The molecular formula is C17H25N3O. The minimum absolute atomic E-state index is 0.0709. The lowest BCUT2D eigenvalue weighted by Crippen LogP contribution is -2.31. The predicted octanol–water partition coefficient (Wildman–Crippen LogP) is 3.26. The Kier molecular flexibility index (Phi) is 5.51. The highest BCUT2D eigenvalue weighted by Gasteiger charge is 2.15. The van der Waals surface area contributed by atoms with E-state index >= 15 is 0 Å². The van der Waals surface area contributed by atoms with Crippen molar-refractivity contribution in [2.75, 3.05) is 6.54 Å². The summed E-state index contributed by atoms with van der Waals surface area (Å²) >= 11 is 0. The number of benzene rings is 1. The number of hydrogen-bond acceptors (Lipinski definition) is 3. The van der Waals surface area contributed by atoms with Gasteiger partial charge in [0.2, 0.25) is 0 Å². The molecule has 114 valence electrons. The van der Waals surface area contributed by atoms with Crippen molar-refractivity contribution in [1.29, 1.82) is 0 Å². The lowest BCUT2D eigenvalue weighted by Gasteiger charge is -2.19. The van der Waals surface area contributed by atoms with E-state index in [9.17, 15) is 4.79 Å². The van der Waals surface area contributed by atoms with Gasteiger partial charge in [0.05, 0.1) is 16.9 Å². The Morgan fingerprint density at radius 2 is 2.00 bits per heavy atom. The maximum Gasteiger partial charge on any atom is 0.261 e. The molecule has 0 saturated carbocycles. The fourth-order valence-corrected chi connectivity index (χ4v) is 2.54. The zero-order valence-electron chi connectivity index (χ0n) is 13.2. The summed E-state index contributed by atoms with van der Waals surface area (Å²) in [6, 6.07) is 7.67. The number of rotatable bonds is 7. The standard InChI is InChI=1S/C17H25N3O/c1-4-6-11-18-13(3)16-19-15-10-8-7-9-14(15)17(21)20(16)12-5-2/h7-10,13,18H,4-6,11-12H2,1-3H3/t13-/m0/s1. The number of nitrogens with zero attached hydrogens (tertiary/aromatic N) is 2. The number of aromatic nitrogens is 2. The van der Waals surface area contributed by atoms with Gasteiger partial charge in [0.15, 0.2) is 0 Å².